The quantitative estimate of drug-likeness (QED) is 0.595. The number of likely N-dealkylation sites (N-methyl/N-ethyl adjacent to an activating group) is 2. The molecule has 1 unspecified atom stereocenters. The average molecular weight is 420 g/mol. The number of benzene rings is 1. The molecule has 1 saturated heterocycles. The Hall–Kier alpha value is -1.18. The normalized spacial score (nSPS) is 20.0. The van der Waals surface area contributed by atoms with Crippen LogP contribution in [-0.4, -0.2) is 98.6 Å². The third-order valence-corrected chi connectivity index (χ3v) is 6.44. The minimum atomic E-state index is -0.468. The molecular formula is C24H41N3O3. The lowest BCUT2D eigenvalue weighted by molar-refractivity contribution is 0.0341. The molecule has 0 bridgehead atoms. The van der Waals surface area contributed by atoms with Gasteiger partial charge in [0, 0.05) is 50.9 Å². The van der Waals surface area contributed by atoms with Crippen molar-refractivity contribution in [1.29, 1.82) is 0 Å². The molecule has 1 atom stereocenters. The van der Waals surface area contributed by atoms with Crippen molar-refractivity contribution in [1.82, 2.24) is 14.7 Å². The Morgan fingerprint density at radius 2 is 1.87 bits per heavy atom. The zero-order valence-corrected chi connectivity index (χ0v) is 19.0. The van der Waals surface area contributed by atoms with Gasteiger partial charge in [0.1, 0.15) is 18.5 Å². The van der Waals surface area contributed by atoms with Crippen LogP contribution >= 0.6 is 0 Å². The molecule has 0 amide bonds. The first-order valence-electron chi connectivity index (χ1n) is 11.7. The molecule has 1 saturated carbocycles. The molecule has 1 aliphatic carbocycles. The minimum absolute atomic E-state index is 0.339. The van der Waals surface area contributed by atoms with E-state index in [1.54, 1.807) is 0 Å². The van der Waals surface area contributed by atoms with E-state index in [0.29, 0.717) is 19.2 Å². The Morgan fingerprint density at radius 1 is 1.13 bits per heavy atom. The molecule has 1 aliphatic heterocycles. The van der Waals surface area contributed by atoms with Crippen LogP contribution in [-0.2, 0) is 11.3 Å². The Kier molecular flexibility index (Phi) is 9.88. The maximum Gasteiger partial charge on any atom is 0.123 e. The monoisotopic (exact) mass is 419 g/mol. The van der Waals surface area contributed by atoms with Crippen LogP contribution in [0.5, 0.6) is 5.75 Å². The fraction of sp³-hybridized carbons (Fsp3) is 0.750. The number of hydrogen-bond donors (Lipinski definition) is 1. The van der Waals surface area contributed by atoms with Gasteiger partial charge in [0.25, 0.3) is 0 Å². The van der Waals surface area contributed by atoms with Crippen LogP contribution in [0.4, 0.5) is 0 Å². The SMILES string of the molecule is CN(CCN1CCOCC1)Cc1ccccc1OCC(O)CN(C)C1CCCCC1. The van der Waals surface area contributed by atoms with E-state index >= 15 is 0 Å². The fourth-order valence-electron chi connectivity index (χ4n) is 4.52. The van der Waals surface area contributed by atoms with Gasteiger partial charge >= 0.3 is 0 Å². The van der Waals surface area contributed by atoms with Crippen LogP contribution in [0.3, 0.4) is 0 Å². The summed E-state index contributed by atoms with van der Waals surface area (Å²) in [6.45, 7) is 7.69. The van der Waals surface area contributed by atoms with Crippen LogP contribution in [0.15, 0.2) is 24.3 Å². The second-order valence-electron chi connectivity index (χ2n) is 9.00. The molecule has 1 N–H and O–H groups in total. The topological polar surface area (TPSA) is 48.4 Å². The summed E-state index contributed by atoms with van der Waals surface area (Å²) >= 11 is 0. The zero-order chi connectivity index (χ0) is 21.2. The highest BCUT2D eigenvalue weighted by Crippen LogP contribution is 2.22. The van der Waals surface area contributed by atoms with Crippen LogP contribution < -0.4 is 4.74 Å². The molecule has 0 radical (unpaired) electrons. The van der Waals surface area contributed by atoms with Gasteiger partial charge in [0.15, 0.2) is 0 Å². The molecule has 1 aromatic carbocycles. The van der Waals surface area contributed by atoms with E-state index in [4.69, 9.17) is 9.47 Å². The first-order chi connectivity index (χ1) is 14.6. The molecule has 30 heavy (non-hydrogen) atoms. The zero-order valence-electron chi connectivity index (χ0n) is 19.0. The van der Waals surface area contributed by atoms with Gasteiger partial charge < -0.3 is 24.4 Å². The third kappa shape index (κ3) is 7.82. The molecular weight excluding hydrogens is 378 g/mol. The summed E-state index contributed by atoms with van der Waals surface area (Å²) in [5, 5.41) is 10.5. The third-order valence-electron chi connectivity index (χ3n) is 6.44. The van der Waals surface area contributed by atoms with E-state index in [1.165, 1.54) is 37.7 Å². The van der Waals surface area contributed by atoms with Gasteiger partial charge in [-0.05, 0) is 33.0 Å². The molecule has 3 rings (SSSR count). The van der Waals surface area contributed by atoms with Crippen molar-refractivity contribution < 1.29 is 14.6 Å². The van der Waals surface area contributed by atoms with Gasteiger partial charge in [0.2, 0.25) is 0 Å². The van der Waals surface area contributed by atoms with Gasteiger partial charge in [-0.2, -0.15) is 0 Å². The van der Waals surface area contributed by atoms with E-state index in [9.17, 15) is 5.11 Å². The summed E-state index contributed by atoms with van der Waals surface area (Å²) in [5.74, 6) is 0.884. The summed E-state index contributed by atoms with van der Waals surface area (Å²) < 4.78 is 11.5. The molecule has 6 nitrogen and oxygen atoms in total. The number of hydrogen-bond acceptors (Lipinski definition) is 6. The lowest BCUT2D eigenvalue weighted by Crippen LogP contribution is -2.40. The predicted molar refractivity (Wildman–Crippen MR) is 121 cm³/mol. The number of para-hydroxylation sites is 1. The Morgan fingerprint density at radius 3 is 2.63 bits per heavy atom. The van der Waals surface area contributed by atoms with Gasteiger partial charge in [-0.15, -0.1) is 0 Å². The van der Waals surface area contributed by atoms with E-state index in [0.717, 1.165) is 51.7 Å². The Labute approximate surface area is 182 Å². The lowest BCUT2D eigenvalue weighted by Gasteiger charge is -2.32. The highest BCUT2D eigenvalue weighted by atomic mass is 16.5. The molecule has 6 heteroatoms. The molecule has 1 aromatic rings. The van der Waals surface area contributed by atoms with E-state index in [-0.39, 0.29) is 0 Å². The molecule has 1 heterocycles. The van der Waals surface area contributed by atoms with Crippen LogP contribution in [0.1, 0.15) is 37.7 Å². The summed E-state index contributed by atoms with van der Waals surface area (Å²) in [6.07, 6.45) is 6.02. The number of nitrogens with zero attached hydrogens (tertiary/aromatic N) is 3. The highest BCUT2D eigenvalue weighted by Gasteiger charge is 2.20. The number of aliphatic hydroxyl groups excluding tert-OH is 1. The molecule has 170 valence electrons. The van der Waals surface area contributed by atoms with Crippen molar-refractivity contribution in [3.05, 3.63) is 29.8 Å². The maximum atomic E-state index is 10.5. The van der Waals surface area contributed by atoms with E-state index < -0.39 is 6.10 Å². The number of rotatable bonds is 11. The fourth-order valence-corrected chi connectivity index (χ4v) is 4.52. The second-order valence-corrected chi connectivity index (χ2v) is 9.00. The summed E-state index contributed by atoms with van der Waals surface area (Å²) in [7, 11) is 4.29. The van der Waals surface area contributed by atoms with Crippen molar-refractivity contribution in [3.8, 4) is 5.75 Å². The van der Waals surface area contributed by atoms with Crippen LogP contribution in [0, 0.1) is 0 Å². The number of aliphatic hydroxyl groups is 1. The molecule has 0 spiro atoms. The van der Waals surface area contributed by atoms with Gasteiger partial charge in [0.05, 0.1) is 13.2 Å². The van der Waals surface area contributed by atoms with Gasteiger partial charge in [-0.25, -0.2) is 0 Å². The van der Waals surface area contributed by atoms with Crippen molar-refractivity contribution in [2.45, 2.75) is 50.8 Å². The second kappa shape index (κ2) is 12.6. The van der Waals surface area contributed by atoms with E-state index in [2.05, 4.69) is 40.9 Å². The maximum absolute atomic E-state index is 10.5. The standard InChI is InChI=1S/C24H41N3O3/c1-25(12-13-27-14-16-29-17-15-27)18-21-8-6-7-11-24(21)30-20-23(28)19-26(2)22-9-4-3-5-10-22/h6-8,11,22-23,28H,3-5,9-10,12-20H2,1-2H3. The molecule has 0 aromatic heterocycles. The largest absolute Gasteiger partial charge is 0.491 e. The number of ether oxygens (including phenoxy) is 2. The summed E-state index contributed by atoms with van der Waals surface area (Å²) in [4.78, 5) is 7.12. The summed E-state index contributed by atoms with van der Waals surface area (Å²) in [6, 6.07) is 8.82. The van der Waals surface area contributed by atoms with E-state index in [1.807, 2.05) is 12.1 Å². The Bertz CT molecular complexity index is 603. The van der Waals surface area contributed by atoms with Crippen LogP contribution in [0.25, 0.3) is 0 Å². The van der Waals surface area contributed by atoms with Gasteiger partial charge in [-0.3, -0.25) is 4.90 Å². The minimum Gasteiger partial charge on any atom is -0.491 e. The summed E-state index contributed by atoms with van der Waals surface area (Å²) in [5.41, 5.74) is 1.18. The van der Waals surface area contributed by atoms with Crippen molar-refractivity contribution >= 4 is 0 Å². The Balaban J connectivity index is 1.42. The lowest BCUT2D eigenvalue weighted by atomic mass is 9.94. The van der Waals surface area contributed by atoms with Crippen molar-refractivity contribution in [2.24, 2.45) is 0 Å². The average Bonchev–Trinajstić information content (AvgIpc) is 2.78. The molecule has 2 aliphatic rings. The van der Waals surface area contributed by atoms with Gasteiger partial charge in [-0.1, -0.05) is 37.5 Å². The predicted octanol–water partition coefficient (Wildman–Crippen LogP) is 2.45. The first-order valence-corrected chi connectivity index (χ1v) is 11.7. The first kappa shape index (κ1) is 23.5. The smallest absolute Gasteiger partial charge is 0.123 e. The highest BCUT2D eigenvalue weighted by molar-refractivity contribution is 5.33. The van der Waals surface area contributed by atoms with Crippen LogP contribution in [0.2, 0.25) is 0 Å². The van der Waals surface area contributed by atoms with Crippen molar-refractivity contribution in [2.75, 3.05) is 66.6 Å². The molecule has 2 fully saturated rings. The van der Waals surface area contributed by atoms with Crippen molar-refractivity contribution in [3.63, 3.8) is 0 Å². The number of morpholine rings is 1.